The molecule has 6 heteroatoms. The van der Waals surface area contributed by atoms with Crippen LogP contribution in [0.3, 0.4) is 0 Å². The lowest BCUT2D eigenvalue weighted by atomic mass is 10.2. The van der Waals surface area contributed by atoms with Gasteiger partial charge < -0.3 is 5.32 Å². The summed E-state index contributed by atoms with van der Waals surface area (Å²) >= 11 is 16.7. The molecule has 1 aromatic rings. The van der Waals surface area contributed by atoms with Gasteiger partial charge in [-0.15, -0.1) is 0 Å². The molecule has 1 amide bonds. The van der Waals surface area contributed by atoms with Crippen molar-refractivity contribution in [3.63, 3.8) is 0 Å². The summed E-state index contributed by atoms with van der Waals surface area (Å²) in [5.74, 6) is -0.333. The number of rotatable bonds is 3. The molecule has 0 bridgehead atoms. The largest absolute Gasteiger partial charge is 0.360 e. The monoisotopic (exact) mass is 304 g/mol. The van der Waals surface area contributed by atoms with E-state index in [4.69, 9.17) is 35.4 Å². The Morgan fingerprint density at radius 3 is 2.39 bits per heavy atom. The Morgan fingerprint density at radius 2 is 1.89 bits per heavy atom. The van der Waals surface area contributed by atoms with Gasteiger partial charge in [0, 0.05) is 21.7 Å². The van der Waals surface area contributed by atoms with Crippen molar-refractivity contribution in [3.05, 3.63) is 33.8 Å². The van der Waals surface area contributed by atoms with Crippen LogP contribution in [0.4, 0.5) is 0 Å². The van der Waals surface area contributed by atoms with Crippen LogP contribution in [0.15, 0.2) is 18.2 Å². The number of benzene rings is 1. The molecule has 0 spiro atoms. The summed E-state index contributed by atoms with van der Waals surface area (Å²) in [5.41, 5.74) is 0.376. The molecule has 1 rings (SSSR count). The Balaban J connectivity index is 2.68. The number of thiocarbonyl (C=S) groups is 1. The normalized spacial score (nSPS) is 11.8. The molecule has 1 atom stereocenters. The minimum atomic E-state index is -0.333. The van der Waals surface area contributed by atoms with Gasteiger partial charge in [0.05, 0.1) is 0 Å². The first kappa shape index (κ1) is 15.2. The topological polar surface area (TPSA) is 41.1 Å². The van der Waals surface area contributed by atoms with Crippen LogP contribution in [0.5, 0.6) is 0 Å². The summed E-state index contributed by atoms with van der Waals surface area (Å²) in [5, 5.41) is 6.69. The van der Waals surface area contributed by atoms with Crippen LogP contribution >= 0.6 is 35.4 Å². The maximum Gasteiger partial charge on any atom is 0.257 e. The van der Waals surface area contributed by atoms with Crippen LogP contribution < -0.4 is 10.6 Å². The van der Waals surface area contributed by atoms with Crippen LogP contribution in [0, 0.1) is 0 Å². The molecule has 0 aliphatic rings. The number of hydrogen-bond donors (Lipinski definition) is 2. The first-order valence-corrected chi connectivity index (χ1v) is 6.66. The Morgan fingerprint density at radius 1 is 1.33 bits per heavy atom. The standard InChI is InChI=1S/C12H14Cl2N2OS/c1-3-7(2)15-12(18)16-11(17)8-4-9(13)6-10(14)5-8/h4-7H,3H2,1-2H3,(H2,15,16,17,18). The van der Waals surface area contributed by atoms with E-state index in [-0.39, 0.29) is 11.9 Å². The molecule has 0 radical (unpaired) electrons. The van der Waals surface area contributed by atoms with E-state index in [2.05, 4.69) is 10.6 Å². The molecule has 1 aromatic carbocycles. The predicted octanol–water partition coefficient (Wildman–Crippen LogP) is 3.40. The molecular weight excluding hydrogens is 291 g/mol. The summed E-state index contributed by atoms with van der Waals surface area (Å²) in [6, 6.07) is 4.85. The summed E-state index contributed by atoms with van der Waals surface area (Å²) in [6.45, 7) is 4.01. The third kappa shape index (κ3) is 4.80. The zero-order chi connectivity index (χ0) is 13.7. The number of nitrogens with one attached hydrogen (secondary N) is 2. The lowest BCUT2D eigenvalue weighted by Crippen LogP contribution is -2.43. The summed E-state index contributed by atoms with van der Waals surface area (Å²) < 4.78 is 0. The second-order valence-electron chi connectivity index (χ2n) is 3.90. The second kappa shape index (κ2) is 6.92. The molecule has 0 saturated carbocycles. The van der Waals surface area contributed by atoms with E-state index in [1.54, 1.807) is 6.07 Å². The van der Waals surface area contributed by atoms with E-state index in [0.29, 0.717) is 20.7 Å². The highest BCUT2D eigenvalue weighted by atomic mass is 35.5. The van der Waals surface area contributed by atoms with Gasteiger partial charge in [-0.3, -0.25) is 10.1 Å². The van der Waals surface area contributed by atoms with Gasteiger partial charge in [-0.05, 0) is 43.8 Å². The van der Waals surface area contributed by atoms with Crippen LogP contribution in [0.25, 0.3) is 0 Å². The van der Waals surface area contributed by atoms with E-state index in [1.165, 1.54) is 12.1 Å². The van der Waals surface area contributed by atoms with E-state index in [9.17, 15) is 4.79 Å². The van der Waals surface area contributed by atoms with Crippen molar-refractivity contribution in [1.29, 1.82) is 0 Å². The zero-order valence-electron chi connectivity index (χ0n) is 10.1. The molecule has 0 heterocycles. The van der Waals surface area contributed by atoms with Crippen LogP contribution in [0.2, 0.25) is 10.0 Å². The van der Waals surface area contributed by atoms with Crippen molar-refractivity contribution in [3.8, 4) is 0 Å². The van der Waals surface area contributed by atoms with Gasteiger partial charge in [0.2, 0.25) is 0 Å². The van der Waals surface area contributed by atoms with Crippen molar-refractivity contribution in [2.45, 2.75) is 26.3 Å². The quantitative estimate of drug-likeness (QED) is 0.841. The molecule has 0 fully saturated rings. The smallest absolute Gasteiger partial charge is 0.257 e. The molecule has 3 nitrogen and oxygen atoms in total. The van der Waals surface area contributed by atoms with Gasteiger partial charge >= 0.3 is 0 Å². The average molecular weight is 305 g/mol. The van der Waals surface area contributed by atoms with E-state index >= 15 is 0 Å². The molecule has 0 aliphatic carbocycles. The third-order valence-electron chi connectivity index (χ3n) is 2.34. The number of carbonyl (C=O) groups is 1. The molecule has 2 N–H and O–H groups in total. The highest BCUT2D eigenvalue weighted by Gasteiger charge is 2.10. The van der Waals surface area contributed by atoms with Crippen LogP contribution in [0.1, 0.15) is 30.6 Å². The van der Waals surface area contributed by atoms with Gasteiger partial charge in [-0.2, -0.15) is 0 Å². The van der Waals surface area contributed by atoms with Gasteiger partial charge in [0.15, 0.2) is 5.11 Å². The maximum absolute atomic E-state index is 11.9. The zero-order valence-corrected chi connectivity index (χ0v) is 12.4. The average Bonchev–Trinajstić information content (AvgIpc) is 2.27. The molecule has 98 valence electrons. The minimum absolute atomic E-state index is 0.209. The van der Waals surface area contributed by atoms with Crippen molar-refractivity contribution >= 4 is 46.4 Å². The van der Waals surface area contributed by atoms with Crippen molar-refractivity contribution in [1.82, 2.24) is 10.6 Å². The minimum Gasteiger partial charge on any atom is -0.360 e. The summed E-state index contributed by atoms with van der Waals surface area (Å²) in [4.78, 5) is 11.9. The van der Waals surface area contributed by atoms with Crippen molar-refractivity contribution in [2.75, 3.05) is 0 Å². The Hall–Kier alpha value is -0.840. The third-order valence-corrected chi connectivity index (χ3v) is 3.00. The van der Waals surface area contributed by atoms with Crippen LogP contribution in [-0.4, -0.2) is 17.1 Å². The second-order valence-corrected chi connectivity index (χ2v) is 5.18. The molecule has 1 unspecified atom stereocenters. The fraction of sp³-hybridized carbons (Fsp3) is 0.333. The lowest BCUT2D eigenvalue weighted by molar-refractivity contribution is 0.0976. The molecular formula is C12H14Cl2N2OS. The summed E-state index contributed by atoms with van der Waals surface area (Å²) in [7, 11) is 0. The SMILES string of the molecule is CCC(C)NC(=S)NC(=O)c1cc(Cl)cc(Cl)c1. The van der Waals surface area contributed by atoms with Crippen molar-refractivity contribution < 1.29 is 4.79 Å². The van der Waals surface area contributed by atoms with E-state index < -0.39 is 0 Å². The number of hydrogen-bond acceptors (Lipinski definition) is 2. The molecule has 0 aromatic heterocycles. The first-order valence-electron chi connectivity index (χ1n) is 5.50. The predicted molar refractivity (Wildman–Crippen MR) is 79.4 cm³/mol. The Kier molecular flexibility index (Phi) is 5.85. The van der Waals surface area contributed by atoms with Crippen LogP contribution in [-0.2, 0) is 0 Å². The fourth-order valence-electron chi connectivity index (χ4n) is 1.22. The maximum atomic E-state index is 11.9. The lowest BCUT2D eigenvalue weighted by Gasteiger charge is -2.14. The molecule has 18 heavy (non-hydrogen) atoms. The van der Waals surface area contributed by atoms with Crippen molar-refractivity contribution in [2.24, 2.45) is 0 Å². The number of carbonyl (C=O) groups excluding carboxylic acids is 1. The molecule has 0 saturated heterocycles. The Bertz CT molecular complexity index is 445. The first-order chi connectivity index (χ1) is 8.42. The summed E-state index contributed by atoms with van der Waals surface area (Å²) in [6.07, 6.45) is 0.916. The molecule has 0 aliphatic heterocycles. The van der Waals surface area contributed by atoms with Gasteiger partial charge in [0.25, 0.3) is 5.91 Å². The van der Waals surface area contributed by atoms with E-state index in [1.807, 2.05) is 13.8 Å². The van der Waals surface area contributed by atoms with Gasteiger partial charge in [-0.1, -0.05) is 30.1 Å². The number of amides is 1. The number of halogens is 2. The van der Waals surface area contributed by atoms with E-state index in [0.717, 1.165) is 6.42 Å². The Labute approximate surface area is 122 Å². The highest BCUT2D eigenvalue weighted by Crippen LogP contribution is 2.18. The van der Waals surface area contributed by atoms with Gasteiger partial charge in [-0.25, -0.2) is 0 Å². The van der Waals surface area contributed by atoms with Gasteiger partial charge in [0.1, 0.15) is 0 Å². The fourth-order valence-corrected chi connectivity index (χ4v) is 2.04. The highest BCUT2D eigenvalue weighted by molar-refractivity contribution is 7.80.